The first-order valence-electron chi connectivity index (χ1n) is 7.36. The molecule has 0 aliphatic carbocycles. The standard InChI is InChI=1S/C17H17F2N3O/c1-10-2-4-11(5-3-10)14-9-16(22-21-14)17(23)20-15-8-12(18)6-7-13(15)19/h2-8,14,16,21-22H,9H2,1H3,(H,20,23). The molecule has 23 heavy (non-hydrogen) atoms. The number of amides is 1. The van der Waals surface area contributed by atoms with Crippen molar-refractivity contribution in [2.75, 3.05) is 5.32 Å². The van der Waals surface area contributed by atoms with E-state index in [1.54, 1.807) is 0 Å². The second-order valence-corrected chi connectivity index (χ2v) is 5.65. The summed E-state index contributed by atoms with van der Waals surface area (Å²) < 4.78 is 26.7. The van der Waals surface area contributed by atoms with E-state index in [9.17, 15) is 13.6 Å². The van der Waals surface area contributed by atoms with E-state index in [1.165, 1.54) is 0 Å². The summed E-state index contributed by atoms with van der Waals surface area (Å²) in [6, 6.07) is 10.4. The second-order valence-electron chi connectivity index (χ2n) is 5.65. The number of hydrazine groups is 1. The van der Waals surface area contributed by atoms with E-state index in [1.807, 2.05) is 31.2 Å². The quantitative estimate of drug-likeness (QED) is 0.816. The molecule has 2 atom stereocenters. The number of carbonyl (C=O) groups is 1. The number of aryl methyl sites for hydroxylation is 1. The van der Waals surface area contributed by atoms with Gasteiger partial charge >= 0.3 is 0 Å². The first-order chi connectivity index (χ1) is 11.0. The molecular formula is C17H17F2N3O. The molecule has 0 aromatic heterocycles. The Bertz CT molecular complexity index is 718. The minimum atomic E-state index is -0.666. The van der Waals surface area contributed by atoms with Gasteiger partial charge in [0.25, 0.3) is 0 Å². The van der Waals surface area contributed by atoms with Crippen LogP contribution < -0.4 is 16.2 Å². The number of hydrogen-bond donors (Lipinski definition) is 3. The highest BCUT2D eigenvalue weighted by Gasteiger charge is 2.30. The van der Waals surface area contributed by atoms with Crippen molar-refractivity contribution in [2.24, 2.45) is 0 Å². The Labute approximate surface area is 132 Å². The fourth-order valence-corrected chi connectivity index (χ4v) is 2.56. The molecule has 1 saturated heterocycles. The van der Waals surface area contributed by atoms with E-state index >= 15 is 0 Å². The maximum Gasteiger partial charge on any atom is 0.243 e. The lowest BCUT2D eigenvalue weighted by Gasteiger charge is -2.11. The molecule has 4 nitrogen and oxygen atoms in total. The van der Waals surface area contributed by atoms with Gasteiger partial charge in [0, 0.05) is 12.1 Å². The number of hydrogen-bond acceptors (Lipinski definition) is 3. The van der Waals surface area contributed by atoms with Crippen molar-refractivity contribution in [2.45, 2.75) is 25.4 Å². The summed E-state index contributed by atoms with van der Waals surface area (Å²) in [5.74, 6) is -1.67. The minimum absolute atomic E-state index is 0.0105. The average molecular weight is 317 g/mol. The van der Waals surface area contributed by atoms with E-state index in [-0.39, 0.29) is 11.7 Å². The van der Waals surface area contributed by atoms with Crippen molar-refractivity contribution in [3.05, 3.63) is 65.2 Å². The van der Waals surface area contributed by atoms with Gasteiger partial charge in [-0.15, -0.1) is 0 Å². The predicted octanol–water partition coefficient (Wildman–Crippen LogP) is 2.82. The van der Waals surface area contributed by atoms with Gasteiger partial charge < -0.3 is 5.32 Å². The Hall–Kier alpha value is -2.31. The molecule has 2 aromatic rings. The molecule has 1 aliphatic rings. The predicted molar refractivity (Wildman–Crippen MR) is 83.6 cm³/mol. The molecule has 120 valence electrons. The van der Waals surface area contributed by atoms with Crippen LogP contribution in [0.5, 0.6) is 0 Å². The summed E-state index contributed by atoms with van der Waals surface area (Å²) >= 11 is 0. The minimum Gasteiger partial charge on any atom is -0.322 e. The molecular weight excluding hydrogens is 300 g/mol. The van der Waals surface area contributed by atoms with Crippen LogP contribution in [0.3, 0.4) is 0 Å². The Morgan fingerprint density at radius 3 is 2.61 bits per heavy atom. The molecule has 1 amide bonds. The molecule has 1 fully saturated rings. The van der Waals surface area contributed by atoms with Crippen molar-refractivity contribution >= 4 is 11.6 Å². The molecule has 3 rings (SSSR count). The van der Waals surface area contributed by atoms with Gasteiger partial charge in [0.1, 0.15) is 17.7 Å². The molecule has 3 N–H and O–H groups in total. The first-order valence-corrected chi connectivity index (χ1v) is 7.36. The fourth-order valence-electron chi connectivity index (χ4n) is 2.56. The lowest BCUT2D eigenvalue weighted by Crippen LogP contribution is -2.39. The number of halogens is 2. The largest absolute Gasteiger partial charge is 0.322 e. The topological polar surface area (TPSA) is 53.2 Å². The van der Waals surface area contributed by atoms with Gasteiger partial charge in [0.05, 0.1) is 5.69 Å². The molecule has 0 radical (unpaired) electrons. The van der Waals surface area contributed by atoms with Crippen LogP contribution in [-0.4, -0.2) is 11.9 Å². The maximum absolute atomic E-state index is 13.6. The van der Waals surface area contributed by atoms with Gasteiger partial charge in [-0.2, -0.15) is 0 Å². The van der Waals surface area contributed by atoms with E-state index in [0.29, 0.717) is 6.42 Å². The highest BCUT2D eigenvalue weighted by atomic mass is 19.1. The Morgan fingerprint density at radius 2 is 1.87 bits per heavy atom. The van der Waals surface area contributed by atoms with E-state index in [4.69, 9.17) is 0 Å². The molecule has 1 heterocycles. The summed E-state index contributed by atoms with van der Waals surface area (Å²) in [6.45, 7) is 2.01. The van der Waals surface area contributed by atoms with Gasteiger partial charge in [-0.25, -0.2) is 19.6 Å². The third-order valence-electron chi connectivity index (χ3n) is 3.89. The van der Waals surface area contributed by atoms with Crippen LogP contribution in [0.4, 0.5) is 14.5 Å². The van der Waals surface area contributed by atoms with Crippen molar-refractivity contribution in [1.29, 1.82) is 0 Å². The van der Waals surface area contributed by atoms with E-state index < -0.39 is 23.6 Å². The zero-order valence-electron chi connectivity index (χ0n) is 12.6. The normalized spacial score (nSPS) is 20.5. The number of nitrogens with one attached hydrogen (secondary N) is 3. The van der Waals surface area contributed by atoms with Gasteiger partial charge in [-0.3, -0.25) is 4.79 Å². The van der Waals surface area contributed by atoms with Gasteiger partial charge in [0.2, 0.25) is 5.91 Å². The zero-order valence-corrected chi connectivity index (χ0v) is 12.6. The molecule has 1 aliphatic heterocycles. The van der Waals surface area contributed by atoms with Crippen molar-refractivity contribution < 1.29 is 13.6 Å². The van der Waals surface area contributed by atoms with Crippen LogP contribution in [0, 0.1) is 18.6 Å². The molecule has 0 bridgehead atoms. The summed E-state index contributed by atoms with van der Waals surface area (Å²) in [5.41, 5.74) is 8.02. The van der Waals surface area contributed by atoms with Crippen LogP contribution in [0.2, 0.25) is 0 Å². The molecule has 0 spiro atoms. The highest BCUT2D eigenvalue weighted by Crippen LogP contribution is 2.24. The van der Waals surface area contributed by atoms with E-state index in [0.717, 1.165) is 29.3 Å². The van der Waals surface area contributed by atoms with Gasteiger partial charge in [-0.05, 0) is 31.0 Å². The third kappa shape index (κ3) is 3.55. The summed E-state index contributed by atoms with van der Waals surface area (Å²) in [7, 11) is 0. The lowest BCUT2D eigenvalue weighted by molar-refractivity contribution is -0.117. The summed E-state index contributed by atoms with van der Waals surface area (Å²) in [5, 5.41) is 2.42. The molecule has 2 unspecified atom stereocenters. The van der Waals surface area contributed by atoms with Crippen LogP contribution in [0.15, 0.2) is 42.5 Å². The lowest BCUT2D eigenvalue weighted by atomic mass is 10.0. The average Bonchev–Trinajstić information content (AvgIpc) is 3.02. The Kier molecular flexibility index (Phi) is 4.36. The number of anilines is 1. The highest BCUT2D eigenvalue weighted by molar-refractivity contribution is 5.95. The molecule has 2 aromatic carbocycles. The summed E-state index contributed by atoms with van der Waals surface area (Å²) in [4.78, 5) is 12.2. The first kappa shape index (κ1) is 15.6. The van der Waals surface area contributed by atoms with Gasteiger partial charge in [0.15, 0.2) is 0 Å². The Morgan fingerprint density at radius 1 is 1.13 bits per heavy atom. The van der Waals surface area contributed by atoms with Crippen LogP contribution >= 0.6 is 0 Å². The molecule has 0 saturated carbocycles. The number of rotatable bonds is 3. The Balaban J connectivity index is 1.65. The fraction of sp³-hybridized carbons (Fsp3) is 0.235. The van der Waals surface area contributed by atoms with Gasteiger partial charge in [-0.1, -0.05) is 29.8 Å². The van der Waals surface area contributed by atoms with Crippen molar-refractivity contribution in [3.8, 4) is 0 Å². The van der Waals surface area contributed by atoms with Crippen molar-refractivity contribution in [3.63, 3.8) is 0 Å². The number of carbonyl (C=O) groups excluding carboxylic acids is 1. The number of benzene rings is 2. The maximum atomic E-state index is 13.6. The van der Waals surface area contributed by atoms with Crippen LogP contribution in [-0.2, 0) is 4.79 Å². The van der Waals surface area contributed by atoms with E-state index in [2.05, 4.69) is 16.2 Å². The second kappa shape index (κ2) is 6.44. The van der Waals surface area contributed by atoms with Crippen molar-refractivity contribution in [1.82, 2.24) is 10.9 Å². The third-order valence-corrected chi connectivity index (χ3v) is 3.89. The smallest absolute Gasteiger partial charge is 0.243 e. The monoisotopic (exact) mass is 317 g/mol. The van der Waals surface area contributed by atoms with Crippen LogP contribution in [0.1, 0.15) is 23.6 Å². The summed E-state index contributed by atoms with van der Waals surface area (Å²) in [6.07, 6.45) is 0.520. The van der Waals surface area contributed by atoms with Crippen LogP contribution in [0.25, 0.3) is 0 Å². The SMILES string of the molecule is Cc1ccc(C2CC(C(=O)Nc3cc(F)ccc3F)NN2)cc1. The zero-order chi connectivity index (χ0) is 16.4. The molecule has 6 heteroatoms.